The molecule has 0 bridgehead atoms. The highest BCUT2D eigenvalue weighted by atomic mass is 35.5. The number of rotatable bonds is 17. The van der Waals surface area contributed by atoms with E-state index in [0.717, 1.165) is 25.7 Å². The predicted octanol–water partition coefficient (Wildman–Crippen LogP) is 0.943. The quantitative estimate of drug-likeness (QED) is 0.0657. The van der Waals surface area contributed by atoms with Gasteiger partial charge in [-0.25, -0.2) is 14.6 Å². The molecule has 48 heavy (non-hydrogen) atoms. The zero-order valence-corrected chi connectivity index (χ0v) is 27.8. The van der Waals surface area contributed by atoms with Crippen LogP contribution in [0.25, 0.3) is 11.2 Å². The lowest BCUT2D eigenvalue weighted by Crippen LogP contribution is -2.46. The highest BCUT2D eigenvalue weighted by Crippen LogP contribution is 2.52. The molecule has 20 nitrogen and oxygen atoms in total. The number of nitrogens with one attached hydrogen (secondary N) is 1. The molecule has 0 unspecified atom stereocenters. The molecule has 5 N–H and O–H groups in total. The van der Waals surface area contributed by atoms with Crippen molar-refractivity contribution in [2.75, 3.05) is 65.8 Å². The SMILES string of the molecule is COCCOC(=O)OCC(COC(=O)OCCOC)(OC[C@H]1O[C@@H](n2cnc3c(NC4CCCC4)nc(Cl)nc32)[C@H](O)[C@@H]1O)P(=O)(O)O. The maximum atomic E-state index is 12.8. The summed E-state index contributed by atoms with van der Waals surface area (Å²) < 4.78 is 54.4. The van der Waals surface area contributed by atoms with Gasteiger partial charge in [-0.05, 0) is 24.4 Å². The van der Waals surface area contributed by atoms with Gasteiger partial charge in [0.1, 0.15) is 44.7 Å². The fraction of sp³-hybridized carbons (Fsp3) is 0.731. The molecule has 0 spiro atoms. The van der Waals surface area contributed by atoms with Crippen LogP contribution in [0.1, 0.15) is 31.9 Å². The predicted molar refractivity (Wildman–Crippen MR) is 161 cm³/mol. The number of anilines is 1. The van der Waals surface area contributed by atoms with Crippen LogP contribution in [0.15, 0.2) is 6.33 Å². The Balaban J connectivity index is 1.52. The van der Waals surface area contributed by atoms with Crippen molar-refractivity contribution in [1.82, 2.24) is 19.5 Å². The molecule has 1 aliphatic carbocycles. The van der Waals surface area contributed by atoms with Crippen LogP contribution in [0.2, 0.25) is 5.28 Å². The van der Waals surface area contributed by atoms with E-state index in [9.17, 15) is 34.2 Å². The van der Waals surface area contributed by atoms with Crippen molar-refractivity contribution in [2.24, 2.45) is 0 Å². The van der Waals surface area contributed by atoms with E-state index in [0.29, 0.717) is 11.3 Å². The second-order valence-corrected chi connectivity index (χ2v) is 13.1. The number of methoxy groups -OCH3 is 2. The first-order valence-corrected chi connectivity index (χ1v) is 16.8. The molecule has 2 aromatic heterocycles. The first-order valence-electron chi connectivity index (χ1n) is 14.8. The third kappa shape index (κ3) is 9.41. The van der Waals surface area contributed by atoms with Crippen molar-refractivity contribution in [3.8, 4) is 0 Å². The molecule has 4 rings (SSSR count). The van der Waals surface area contributed by atoms with Gasteiger partial charge in [0.15, 0.2) is 23.2 Å². The molecule has 4 atom stereocenters. The van der Waals surface area contributed by atoms with E-state index in [1.165, 1.54) is 25.1 Å². The molecule has 1 saturated carbocycles. The number of aliphatic hydroxyl groups excluding tert-OH is 2. The molecule has 1 saturated heterocycles. The summed E-state index contributed by atoms with van der Waals surface area (Å²) in [6.45, 7) is -3.62. The van der Waals surface area contributed by atoms with Crippen molar-refractivity contribution in [2.45, 2.75) is 61.6 Å². The number of carbonyl (C=O) groups excluding carboxylic acids is 2. The van der Waals surface area contributed by atoms with E-state index in [4.69, 9.17) is 49.5 Å². The number of fused-ring (bicyclic) bond motifs is 1. The lowest BCUT2D eigenvalue weighted by atomic mass is 10.1. The van der Waals surface area contributed by atoms with Crippen LogP contribution in [0.3, 0.4) is 0 Å². The van der Waals surface area contributed by atoms with Crippen molar-refractivity contribution >= 4 is 48.5 Å². The Morgan fingerprint density at radius 3 is 2.17 bits per heavy atom. The van der Waals surface area contributed by atoms with Gasteiger partial charge < -0.3 is 63.2 Å². The van der Waals surface area contributed by atoms with E-state index in [-0.39, 0.29) is 43.4 Å². The number of imidazole rings is 1. The zero-order chi connectivity index (χ0) is 34.9. The van der Waals surface area contributed by atoms with Gasteiger partial charge in [0, 0.05) is 20.3 Å². The molecule has 270 valence electrons. The van der Waals surface area contributed by atoms with E-state index < -0.39 is 69.6 Å². The van der Waals surface area contributed by atoms with Crippen LogP contribution in [-0.4, -0.2) is 142 Å². The number of hydrogen-bond donors (Lipinski definition) is 5. The van der Waals surface area contributed by atoms with E-state index >= 15 is 0 Å². The standard InChI is InChI=1S/C26H39ClN5O15P/c1-40-7-9-42-24(35)44-12-26(48(37,38)39,13-45-25(36)43-10-8-41-2)46-11-16-18(33)19(34)22(47-16)32-14-28-17-20(29-15-5-3-4-6-15)30-23(27)31-21(17)32/h14-16,18-19,22,33-34H,3-13H2,1-2H3,(H,29,30,31)(H2,37,38,39)/t16-,18-,19-,22-/m1/s1. The zero-order valence-electron chi connectivity index (χ0n) is 26.1. The van der Waals surface area contributed by atoms with Crippen LogP contribution in [0, 0.1) is 0 Å². The van der Waals surface area contributed by atoms with Gasteiger partial charge >= 0.3 is 19.9 Å². The van der Waals surface area contributed by atoms with Gasteiger partial charge in [-0.15, -0.1) is 0 Å². The van der Waals surface area contributed by atoms with Crippen LogP contribution in [0.4, 0.5) is 15.4 Å². The van der Waals surface area contributed by atoms with E-state index in [2.05, 4.69) is 20.3 Å². The van der Waals surface area contributed by atoms with Crippen LogP contribution in [0.5, 0.6) is 0 Å². The summed E-state index contributed by atoms with van der Waals surface area (Å²) in [6, 6.07) is 0.169. The van der Waals surface area contributed by atoms with Gasteiger partial charge in [0.05, 0.1) is 26.1 Å². The molecule has 0 aromatic carbocycles. The van der Waals surface area contributed by atoms with Crippen molar-refractivity contribution in [3.05, 3.63) is 11.6 Å². The fourth-order valence-corrected chi connectivity index (χ4v) is 5.87. The number of aromatic nitrogens is 4. The summed E-state index contributed by atoms with van der Waals surface area (Å²) in [5.74, 6) is 0.386. The summed E-state index contributed by atoms with van der Waals surface area (Å²) >= 11 is 6.20. The smallest absolute Gasteiger partial charge is 0.432 e. The van der Waals surface area contributed by atoms with Crippen molar-refractivity contribution in [3.63, 3.8) is 0 Å². The highest BCUT2D eigenvalue weighted by Gasteiger charge is 2.54. The highest BCUT2D eigenvalue weighted by molar-refractivity contribution is 7.53. The van der Waals surface area contributed by atoms with Gasteiger partial charge in [0.25, 0.3) is 0 Å². The first kappa shape index (κ1) is 37.9. The van der Waals surface area contributed by atoms with E-state index in [1.54, 1.807) is 0 Å². The summed E-state index contributed by atoms with van der Waals surface area (Å²) in [5, 5.41) is 22.2. The fourth-order valence-electron chi connectivity index (χ4n) is 4.99. The van der Waals surface area contributed by atoms with Crippen LogP contribution >= 0.6 is 19.2 Å². The molecule has 0 amide bonds. The minimum Gasteiger partial charge on any atom is -0.432 e. The molecular weight excluding hydrogens is 689 g/mol. The van der Waals surface area contributed by atoms with Crippen molar-refractivity contribution in [1.29, 1.82) is 0 Å². The lowest BCUT2D eigenvalue weighted by molar-refractivity contribution is -0.128. The van der Waals surface area contributed by atoms with Crippen molar-refractivity contribution < 1.29 is 72.0 Å². The number of hydrogen-bond acceptors (Lipinski definition) is 17. The summed E-state index contributed by atoms with van der Waals surface area (Å²) in [5.41, 5.74) is 0.513. The normalized spacial score (nSPS) is 21.8. The molecule has 1 aliphatic heterocycles. The average Bonchev–Trinajstić information content (AvgIpc) is 3.77. The number of aliphatic hydroxyl groups is 2. The molecule has 3 heterocycles. The first-order chi connectivity index (χ1) is 22.9. The lowest BCUT2D eigenvalue weighted by Gasteiger charge is -2.33. The third-order valence-electron chi connectivity index (χ3n) is 7.59. The number of carbonyl (C=O) groups is 2. The Bertz CT molecular complexity index is 1400. The Kier molecular flexibility index (Phi) is 13.5. The maximum Gasteiger partial charge on any atom is 0.508 e. The molecular formula is C26H39ClN5O15P. The second-order valence-electron chi connectivity index (χ2n) is 10.9. The topological polar surface area (TPSA) is 262 Å². The molecule has 2 aromatic rings. The van der Waals surface area contributed by atoms with Crippen LogP contribution in [-0.2, 0) is 42.5 Å². The summed E-state index contributed by atoms with van der Waals surface area (Å²) in [4.78, 5) is 57.7. The minimum absolute atomic E-state index is 0.00877. The number of halogens is 1. The number of ether oxygens (including phenoxy) is 8. The van der Waals surface area contributed by atoms with Gasteiger partial charge in [-0.1, -0.05) is 12.8 Å². The third-order valence-corrected chi connectivity index (χ3v) is 9.21. The Hall–Kier alpha value is -2.91. The Labute approximate surface area is 279 Å². The average molecular weight is 728 g/mol. The summed E-state index contributed by atoms with van der Waals surface area (Å²) in [6.07, 6.45) is -3.36. The molecule has 2 aliphatic rings. The van der Waals surface area contributed by atoms with Gasteiger partial charge in [-0.3, -0.25) is 9.13 Å². The van der Waals surface area contributed by atoms with Gasteiger partial charge in [-0.2, -0.15) is 9.97 Å². The summed E-state index contributed by atoms with van der Waals surface area (Å²) in [7, 11) is -2.77. The maximum absolute atomic E-state index is 12.8. The van der Waals surface area contributed by atoms with Gasteiger partial charge in [0.2, 0.25) is 10.6 Å². The second kappa shape index (κ2) is 17.1. The molecule has 22 heteroatoms. The largest absolute Gasteiger partial charge is 0.508 e. The van der Waals surface area contributed by atoms with E-state index in [1.807, 2.05) is 0 Å². The Morgan fingerprint density at radius 1 is 1.00 bits per heavy atom. The Morgan fingerprint density at radius 2 is 1.60 bits per heavy atom. The number of nitrogens with zero attached hydrogens (tertiary/aromatic N) is 4. The van der Waals surface area contributed by atoms with Crippen LogP contribution < -0.4 is 5.32 Å². The molecule has 0 radical (unpaired) electrons. The molecule has 2 fully saturated rings. The monoisotopic (exact) mass is 727 g/mol. The minimum atomic E-state index is -5.48.